The number of rotatable bonds is 6. The SMILES string of the molecule is COc1ccc(NC(=O)[C@@H](c2cc3c(cc2[N+](=O)[O-])OCO3)N2CCC[C@H](C)C2)cc1. The van der Waals surface area contributed by atoms with Crippen molar-refractivity contribution in [3.63, 3.8) is 0 Å². The second-order valence-corrected chi connectivity index (χ2v) is 7.88. The molecule has 0 bridgehead atoms. The van der Waals surface area contributed by atoms with E-state index in [4.69, 9.17) is 14.2 Å². The van der Waals surface area contributed by atoms with Gasteiger partial charge in [0.1, 0.15) is 11.8 Å². The van der Waals surface area contributed by atoms with Gasteiger partial charge in [0.15, 0.2) is 11.5 Å². The number of hydrogen-bond acceptors (Lipinski definition) is 7. The Labute approximate surface area is 180 Å². The summed E-state index contributed by atoms with van der Waals surface area (Å²) in [4.78, 5) is 26.9. The minimum atomic E-state index is -0.834. The largest absolute Gasteiger partial charge is 0.497 e. The molecule has 9 nitrogen and oxygen atoms in total. The van der Waals surface area contributed by atoms with Gasteiger partial charge in [-0.2, -0.15) is 0 Å². The van der Waals surface area contributed by atoms with Crippen LogP contribution in [0, 0.1) is 16.0 Å². The molecule has 0 aromatic heterocycles. The van der Waals surface area contributed by atoms with Gasteiger partial charge in [0.25, 0.3) is 5.69 Å². The Morgan fingerprint density at radius 1 is 1.26 bits per heavy atom. The third-order valence-electron chi connectivity index (χ3n) is 5.67. The predicted molar refractivity (Wildman–Crippen MR) is 114 cm³/mol. The normalized spacial score (nSPS) is 19.0. The highest BCUT2D eigenvalue weighted by molar-refractivity contribution is 5.96. The Hall–Kier alpha value is -3.33. The van der Waals surface area contributed by atoms with Gasteiger partial charge >= 0.3 is 0 Å². The fraction of sp³-hybridized carbons (Fsp3) is 0.409. The van der Waals surface area contributed by atoms with Gasteiger partial charge < -0.3 is 19.5 Å². The lowest BCUT2D eigenvalue weighted by Gasteiger charge is -2.36. The maximum Gasteiger partial charge on any atom is 0.278 e. The maximum atomic E-state index is 13.5. The summed E-state index contributed by atoms with van der Waals surface area (Å²) >= 11 is 0. The number of carbonyl (C=O) groups excluding carboxylic acids is 1. The Morgan fingerprint density at radius 3 is 2.61 bits per heavy atom. The molecule has 0 spiro atoms. The summed E-state index contributed by atoms with van der Waals surface area (Å²) in [5.41, 5.74) is 0.732. The number of ether oxygens (including phenoxy) is 3. The molecule has 2 aromatic carbocycles. The van der Waals surface area contributed by atoms with E-state index in [1.165, 1.54) is 6.07 Å². The van der Waals surface area contributed by atoms with Crippen molar-refractivity contribution in [2.45, 2.75) is 25.8 Å². The number of nitro groups is 1. The molecule has 31 heavy (non-hydrogen) atoms. The number of benzene rings is 2. The number of nitro benzene ring substituents is 1. The molecule has 1 N–H and O–H groups in total. The summed E-state index contributed by atoms with van der Waals surface area (Å²) in [5, 5.41) is 14.8. The van der Waals surface area contributed by atoms with Gasteiger partial charge in [0.05, 0.1) is 23.7 Å². The lowest BCUT2D eigenvalue weighted by atomic mass is 9.94. The average Bonchev–Trinajstić information content (AvgIpc) is 3.21. The van der Waals surface area contributed by atoms with Gasteiger partial charge in [-0.1, -0.05) is 6.92 Å². The third-order valence-corrected chi connectivity index (χ3v) is 5.67. The summed E-state index contributed by atoms with van der Waals surface area (Å²) in [6.07, 6.45) is 1.98. The Balaban J connectivity index is 1.72. The highest BCUT2D eigenvalue weighted by Gasteiger charge is 2.37. The summed E-state index contributed by atoms with van der Waals surface area (Å²) in [5.74, 6) is 1.45. The van der Waals surface area contributed by atoms with Gasteiger partial charge in [-0.05, 0) is 55.6 Å². The van der Waals surface area contributed by atoms with Crippen LogP contribution in [0.5, 0.6) is 17.2 Å². The van der Waals surface area contributed by atoms with Crippen molar-refractivity contribution in [3.05, 3.63) is 52.1 Å². The summed E-state index contributed by atoms with van der Waals surface area (Å²) in [6.45, 7) is 3.47. The van der Waals surface area contributed by atoms with Gasteiger partial charge in [-0.25, -0.2) is 0 Å². The van der Waals surface area contributed by atoms with Crippen molar-refractivity contribution in [3.8, 4) is 17.2 Å². The average molecular weight is 427 g/mol. The van der Waals surface area contributed by atoms with Gasteiger partial charge in [0.2, 0.25) is 12.7 Å². The molecule has 4 rings (SSSR count). The van der Waals surface area contributed by atoms with Crippen molar-refractivity contribution in [1.29, 1.82) is 0 Å². The fourth-order valence-electron chi connectivity index (χ4n) is 4.17. The molecule has 2 atom stereocenters. The number of nitrogens with zero attached hydrogens (tertiary/aromatic N) is 2. The first-order chi connectivity index (χ1) is 15.0. The Kier molecular flexibility index (Phi) is 5.94. The summed E-state index contributed by atoms with van der Waals surface area (Å²) in [6, 6.07) is 9.05. The molecule has 1 amide bonds. The minimum Gasteiger partial charge on any atom is -0.497 e. The van der Waals surface area contributed by atoms with Crippen LogP contribution in [0.4, 0.5) is 11.4 Å². The van der Waals surface area contributed by atoms with E-state index in [1.54, 1.807) is 37.4 Å². The van der Waals surface area contributed by atoms with Gasteiger partial charge in [-0.15, -0.1) is 0 Å². The van der Waals surface area contributed by atoms with Gasteiger partial charge in [-0.3, -0.25) is 19.8 Å². The quantitative estimate of drug-likeness (QED) is 0.553. The first-order valence-electron chi connectivity index (χ1n) is 10.2. The topological polar surface area (TPSA) is 103 Å². The lowest BCUT2D eigenvalue weighted by molar-refractivity contribution is -0.386. The number of nitrogens with one attached hydrogen (secondary N) is 1. The van der Waals surface area contributed by atoms with E-state index >= 15 is 0 Å². The molecular formula is C22H25N3O6. The van der Waals surface area contributed by atoms with E-state index < -0.39 is 11.0 Å². The first-order valence-corrected chi connectivity index (χ1v) is 10.2. The summed E-state index contributed by atoms with van der Waals surface area (Å²) in [7, 11) is 1.57. The Morgan fingerprint density at radius 2 is 1.97 bits per heavy atom. The molecule has 0 aliphatic carbocycles. The molecule has 0 unspecified atom stereocenters. The van der Waals surface area contributed by atoms with Crippen LogP contribution in [0.15, 0.2) is 36.4 Å². The molecule has 2 aliphatic rings. The number of anilines is 1. The van der Waals surface area contributed by atoms with Gasteiger partial charge in [0, 0.05) is 12.2 Å². The smallest absolute Gasteiger partial charge is 0.278 e. The number of likely N-dealkylation sites (tertiary alicyclic amines) is 1. The van der Waals surface area contributed by atoms with Crippen molar-refractivity contribution in [2.75, 3.05) is 32.3 Å². The van der Waals surface area contributed by atoms with Crippen LogP contribution < -0.4 is 19.5 Å². The zero-order valence-corrected chi connectivity index (χ0v) is 17.5. The van der Waals surface area contributed by atoms with Crippen LogP contribution in [-0.2, 0) is 4.79 Å². The van der Waals surface area contributed by atoms with Crippen molar-refractivity contribution in [2.24, 2.45) is 5.92 Å². The molecule has 0 radical (unpaired) electrons. The van der Waals surface area contributed by atoms with Crippen molar-refractivity contribution in [1.82, 2.24) is 4.90 Å². The molecule has 2 aliphatic heterocycles. The molecule has 2 aromatic rings. The fourth-order valence-corrected chi connectivity index (χ4v) is 4.17. The highest BCUT2D eigenvalue weighted by atomic mass is 16.7. The Bertz CT molecular complexity index is 978. The zero-order valence-electron chi connectivity index (χ0n) is 17.5. The summed E-state index contributed by atoms with van der Waals surface area (Å²) < 4.78 is 15.9. The maximum absolute atomic E-state index is 13.5. The van der Waals surface area contributed by atoms with Crippen LogP contribution >= 0.6 is 0 Å². The monoisotopic (exact) mass is 427 g/mol. The molecule has 1 fully saturated rings. The van der Waals surface area contributed by atoms with Crippen LogP contribution in [-0.4, -0.2) is 42.7 Å². The van der Waals surface area contributed by atoms with Crippen LogP contribution in [0.1, 0.15) is 31.4 Å². The van der Waals surface area contributed by atoms with Crippen LogP contribution in [0.3, 0.4) is 0 Å². The van der Waals surface area contributed by atoms with Crippen molar-refractivity contribution < 1.29 is 23.9 Å². The molecule has 2 heterocycles. The van der Waals surface area contributed by atoms with Crippen LogP contribution in [0.25, 0.3) is 0 Å². The number of amides is 1. The second kappa shape index (κ2) is 8.81. The van der Waals surface area contributed by atoms with E-state index in [0.29, 0.717) is 47.5 Å². The van der Waals surface area contributed by atoms with E-state index in [0.717, 1.165) is 12.8 Å². The van der Waals surface area contributed by atoms with E-state index in [9.17, 15) is 14.9 Å². The van der Waals surface area contributed by atoms with Crippen molar-refractivity contribution >= 4 is 17.3 Å². The third kappa shape index (κ3) is 4.41. The van der Waals surface area contributed by atoms with E-state index in [2.05, 4.69) is 12.2 Å². The highest BCUT2D eigenvalue weighted by Crippen LogP contribution is 2.42. The predicted octanol–water partition coefficient (Wildman–Crippen LogP) is 3.74. The number of fused-ring (bicyclic) bond motifs is 1. The zero-order chi connectivity index (χ0) is 22.0. The molecule has 1 saturated heterocycles. The lowest BCUT2D eigenvalue weighted by Crippen LogP contribution is -2.43. The molecule has 9 heteroatoms. The second-order valence-electron chi connectivity index (χ2n) is 7.88. The number of carbonyl (C=O) groups is 1. The minimum absolute atomic E-state index is 0.000595. The van der Waals surface area contributed by atoms with E-state index in [1.807, 2.05) is 4.90 Å². The first kappa shape index (κ1) is 20.9. The molecule has 164 valence electrons. The molecule has 0 saturated carbocycles. The van der Waals surface area contributed by atoms with Crippen LogP contribution in [0.2, 0.25) is 0 Å². The number of piperidine rings is 1. The number of hydrogen-bond donors (Lipinski definition) is 1. The standard InChI is InChI=1S/C22H25N3O6/c1-14-4-3-9-24(12-14)21(22(26)23-15-5-7-16(29-2)8-6-15)17-10-19-20(31-13-30-19)11-18(17)25(27)28/h5-8,10-11,14,21H,3-4,9,12-13H2,1-2H3,(H,23,26)/t14-,21+/m0/s1. The molecular weight excluding hydrogens is 402 g/mol. The number of methoxy groups -OCH3 is 1. The van der Waals surface area contributed by atoms with E-state index in [-0.39, 0.29) is 18.4 Å².